The molecule has 1 aliphatic rings. The molecule has 27 heavy (non-hydrogen) atoms. The van der Waals surface area contributed by atoms with Crippen molar-refractivity contribution in [3.63, 3.8) is 0 Å². The van der Waals surface area contributed by atoms with E-state index in [0.29, 0.717) is 41.2 Å². The lowest BCUT2D eigenvalue weighted by Gasteiger charge is -2.20. The Morgan fingerprint density at radius 3 is 2.74 bits per heavy atom. The van der Waals surface area contributed by atoms with E-state index in [2.05, 4.69) is 14.9 Å². The van der Waals surface area contributed by atoms with E-state index in [1.165, 1.54) is 6.42 Å². The Morgan fingerprint density at radius 2 is 2.04 bits per heavy atom. The summed E-state index contributed by atoms with van der Waals surface area (Å²) in [5.74, 6) is 1.44. The molecule has 3 aromatic rings. The first-order valence-electron chi connectivity index (χ1n) is 8.68. The van der Waals surface area contributed by atoms with Gasteiger partial charge in [0.05, 0.1) is 0 Å². The van der Waals surface area contributed by atoms with Crippen molar-refractivity contribution < 1.29 is 12.9 Å². The molecule has 0 bridgehead atoms. The zero-order valence-corrected chi connectivity index (χ0v) is 16.8. The van der Waals surface area contributed by atoms with Crippen LogP contribution in [0.3, 0.4) is 0 Å². The predicted octanol–water partition coefficient (Wildman–Crippen LogP) is 4.24. The summed E-state index contributed by atoms with van der Waals surface area (Å²) < 4.78 is 33.2. The quantitative estimate of drug-likeness (QED) is 0.614. The first kappa shape index (κ1) is 18.6. The van der Waals surface area contributed by atoms with Gasteiger partial charge in [-0.3, -0.25) is 0 Å². The van der Waals surface area contributed by atoms with E-state index in [4.69, 9.17) is 16.1 Å². The Balaban J connectivity index is 1.40. The van der Waals surface area contributed by atoms with Gasteiger partial charge in [-0.1, -0.05) is 35.3 Å². The van der Waals surface area contributed by atoms with Gasteiger partial charge >= 0.3 is 0 Å². The van der Waals surface area contributed by atoms with Gasteiger partial charge in [-0.15, -0.1) is 11.3 Å². The van der Waals surface area contributed by atoms with Gasteiger partial charge in [-0.25, -0.2) is 13.1 Å². The highest BCUT2D eigenvalue weighted by atomic mass is 35.5. The predicted molar refractivity (Wildman–Crippen MR) is 105 cm³/mol. The zero-order valence-electron chi connectivity index (χ0n) is 14.4. The van der Waals surface area contributed by atoms with Crippen LogP contribution in [0.5, 0.6) is 0 Å². The van der Waals surface area contributed by atoms with E-state index in [1.54, 1.807) is 23.6 Å². The van der Waals surface area contributed by atoms with Crippen LogP contribution in [0.2, 0.25) is 5.02 Å². The lowest BCUT2D eigenvalue weighted by molar-refractivity contribution is 0.292. The molecule has 9 heteroatoms. The summed E-state index contributed by atoms with van der Waals surface area (Å²) in [7, 11) is -3.57. The highest BCUT2D eigenvalue weighted by Gasteiger charge is 2.26. The molecule has 0 aliphatic heterocycles. The summed E-state index contributed by atoms with van der Waals surface area (Å²) in [6.07, 6.45) is 3.92. The SMILES string of the molecule is O=S(=O)(NCCc1ccc(Cl)cc1)c1cc(-c2noc(C3CCC3)n2)cs1. The smallest absolute Gasteiger partial charge is 0.250 e. The van der Waals surface area contributed by atoms with Gasteiger partial charge in [0.1, 0.15) is 4.21 Å². The second-order valence-corrected chi connectivity index (χ2v) is 9.85. The number of hydrogen-bond acceptors (Lipinski definition) is 6. The molecule has 2 aromatic heterocycles. The number of hydrogen-bond donors (Lipinski definition) is 1. The van der Waals surface area contributed by atoms with Gasteiger partial charge < -0.3 is 4.52 Å². The molecule has 0 radical (unpaired) electrons. The van der Waals surface area contributed by atoms with Crippen molar-refractivity contribution in [2.24, 2.45) is 0 Å². The average Bonchev–Trinajstić information content (AvgIpc) is 3.24. The lowest BCUT2D eigenvalue weighted by atomic mass is 9.85. The Kier molecular flexibility index (Phi) is 5.32. The average molecular weight is 424 g/mol. The summed E-state index contributed by atoms with van der Waals surface area (Å²) >= 11 is 7.00. The number of sulfonamides is 1. The zero-order chi connectivity index (χ0) is 18.9. The van der Waals surface area contributed by atoms with Crippen molar-refractivity contribution in [1.82, 2.24) is 14.9 Å². The number of thiophene rings is 1. The van der Waals surface area contributed by atoms with Gasteiger partial charge in [-0.2, -0.15) is 4.98 Å². The molecule has 1 aromatic carbocycles. The van der Waals surface area contributed by atoms with Crippen LogP contribution in [0, 0.1) is 0 Å². The lowest BCUT2D eigenvalue weighted by Crippen LogP contribution is -2.25. The number of benzene rings is 1. The molecule has 1 aliphatic carbocycles. The fourth-order valence-electron chi connectivity index (χ4n) is 2.80. The monoisotopic (exact) mass is 423 g/mol. The highest BCUT2D eigenvalue weighted by Crippen LogP contribution is 2.36. The van der Waals surface area contributed by atoms with Gasteiger partial charge in [0.25, 0.3) is 0 Å². The molecular formula is C18H18ClN3O3S2. The Labute approximate surface area is 166 Å². The minimum atomic E-state index is -3.57. The minimum absolute atomic E-state index is 0.239. The maximum atomic E-state index is 12.5. The van der Waals surface area contributed by atoms with Crippen molar-refractivity contribution in [2.75, 3.05) is 6.54 Å². The Bertz CT molecular complexity index is 1020. The van der Waals surface area contributed by atoms with Gasteiger partial charge in [0.15, 0.2) is 0 Å². The van der Waals surface area contributed by atoms with E-state index in [-0.39, 0.29) is 4.21 Å². The third-order valence-corrected chi connectivity index (χ3v) is 7.77. The molecule has 142 valence electrons. The molecule has 0 unspecified atom stereocenters. The van der Waals surface area contributed by atoms with Crippen LogP contribution in [-0.2, 0) is 16.4 Å². The first-order valence-corrected chi connectivity index (χ1v) is 11.4. The van der Waals surface area contributed by atoms with Crippen LogP contribution < -0.4 is 4.72 Å². The normalized spacial score (nSPS) is 15.0. The summed E-state index contributed by atoms with van der Waals surface area (Å²) in [4.78, 5) is 4.41. The number of nitrogens with zero attached hydrogens (tertiary/aromatic N) is 2. The van der Waals surface area contributed by atoms with Crippen molar-refractivity contribution in [1.29, 1.82) is 0 Å². The summed E-state index contributed by atoms with van der Waals surface area (Å²) in [6.45, 7) is 0.311. The van der Waals surface area contributed by atoms with Crippen molar-refractivity contribution >= 4 is 33.0 Å². The summed E-state index contributed by atoms with van der Waals surface area (Å²) in [5.41, 5.74) is 1.68. The molecule has 6 nitrogen and oxygen atoms in total. The van der Waals surface area contributed by atoms with Crippen molar-refractivity contribution in [3.8, 4) is 11.4 Å². The second-order valence-electron chi connectivity index (χ2n) is 6.51. The van der Waals surface area contributed by atoms with Crippen LogP contribution in [-0.4, -0.2) is 25.1 Å². The van der Waals surface area contributed by atoms with Crippen LogP contribution in [0.25, 0.3) is 11.4 Å². The first-order chi connectivity index (χ1) is 13.0. The molecular weight excluding hydrogens is 406 g/mol. The fourth-order valence-corrected chi connectivity index (χ4v) is 5.16. The number of halogens is 1. The van der Waals surface area contributed by atoms with Crippen LogP contribution in [0.4, 0.5) is 0 Å². The van der Waals surface area contributed by atoms with Gasteiger partial charge in [-0.05, 0) is 43.0 Å². The third-order valence-electron chi connectivity index (χ3n) is 4.61. The summed E-state index contributed by atoms with van der Waals surface area (Å²) in [6, 6.07) is 8.94. The van der Waals surface area contributed by atoms with Crippen LogP contribution in [0.1, 0.15) is 36.6 Å². The molecule has 0 amide bonds. The van der Waals surface area contributed by atoms with E-state index < -0.39 is 10.0 Å². The highest BCUT2D eigenvalue weighted by molar-refractivity contribution is 7.91. The Hall–Kier alpha value is -1.74. The third kappa shape index (κ3) is 4.24. The number of rotatable bonds is 7. The number of nitrogens with one attached hydrogen (secondary N) is 1. The van der Waals surface area contributed by atoms with E-state index in [9.17, 15) is 8.42 Å². The minimum Gasteiger partial charge on any atom is -0.339 e. The maximum absolute atomic E-state index is 12.5. The molecule has 0 spiro atoms. The molecule has 1 saturated carbocycles. The second kappa shape index (κ2) is 7.71. The fraction of sp³-hybridized carbons (Fsp3) is 0.333. The van der Waals surface area contributed by atoms with Gasteiger partial charge in [0, 0.05) is 28.4 Å². The van der Waals surface area contributed by atoms with Gasteiger partial charge in [0.2, 0.25) is 21.7 Å². The van der Waals surface area contributed by atoms with Crippen molar-refractivity contribution in [2.45, 2.75) is 35.8 Å². The maximum Gasteiger partial charge on any atom is 0.250 e. The molecule has 0 atom stereocenters. The van der Waals surface area contributed by atoms with E-state index in [0.717, 1.165) is 29.7 Å². The Morgan fingerprint density at radius 1 is 1.26 bits per heavy atom. The number of aromatic nitrogens is 2. The topological polar surface area (TPSA) is 85.1 Å². The largest absolute Gasteiger partial charge is 0.339 e. The van der Waals surface area contributed by atoms with E-state index in [1.807, 2.05) is 12.1 Å². The van der Waals surface area contributed by atoms with Crippen LogP contribution >= 0.6 is 22.9 Å². The standard InChI is InChI=1S/C18H18ClN3O3S2/c19-15-6-4-12(5-7-15)8-9-20-27(23,24)16-10-14(11-26-16)17-21-18(25-22-17)13-2-1-3-13/h4-7,10-11,13,20H,1-3,8-9H2. The molecule has 2 heterocycles. The molecule has 1 N–H and O–H groups in total. The van der Waals surface area contributed by atoms with Crippen molar-refractivity contribution in [3.05, 3.63) is 52.2 Å². The molecule has 0 saturated heterocycles. The van der Waals surface area contributed by atoms with E-state index >= 15 is 0 Å². The summed E-state index contributed by atoms with van der Waals surface area (Å²) in [5, 5.41) is 6.39. The van der Waals surface area contributed by atoms with Crippen LogP contribution in [0.15, 0.2) is 44.4 Å². The molecule has 4 rings (SSSR count). The molecule has 1 fully saturated rings.